The first-order valence-corrected chi connectivity index (χ1v) is 8.56. The van der Waals surface area contributed by atoms with Gasteiger partial charge in [0.15, 0.2) is 0 Å². The van der Waals surface area contributed by atoms with E-state index in [2.05, 4.69) is 58.1 Å². The van der Waals surface area contributed by atoms with Gasteiger partial charge in [0, 0.05) is 11.7 Å². The van der Waals surface area contributed by atoms with Crippen LogP contribution in [0.1, 0.15) is 71.8 Å². The fourth-order valence-electron chi connectivity index (χ4n) is 2.54. The van der Waals surface area contributed by atoms with E-state index in [1.165, 1.54) is 49.8 Å². The molecule has 120 valence electrons. The second kappa shape index (κ2) is 9.70. The van der Waals surface area contributed by atoms with Crippen LogP contribution in [0.25, 0.3) is 0 Å². The molecule has 1 aromatic carbocycles. The van der Waals surface area contributed by atoms with Crippen molar-refractivity contribution in [1.29, 1.82) is 0 Å². The van der Waals surface area contributed by atoms with Gasteiger partial charge >= 0.3 is 0 Å². The summed E-state index contributed by atoms with van der Waals surface area (Å²) >= 11 is 0. The first-order chi connectivity index (χ1) is 10.0. The van der Waals surface area contributed by atoms with Crippen LogP contribution in [0, 0.1) is 6.92 Å². The third-order valence-electron chi connectivity index (χ3n) is 3.71. The number of nitrogens with one attached hydrogen (secondary N) is 1. The minimum absolute atomic E-state index is 0.227. The predicted octanol–water partition coefficient (Wildman–Crippen LogP) is 5.94. The molecule has 1 aromatic rings. The zero-order chi connectivity index (χ0) is 15.7. The number of hydrogen-bond acceptors (Lipinski definition) is 2. The van der Waals surface area contributed by atoms with E-state index in [1.54, 1.807) is 0 Å². The molecule has 0 aliphatic rings. The van der Waals surface area contributed by atoms with E-state index >= 15 is 0 Å². The van der Waals surface area contributed by atoms with Crippen LogP contribution >= 0.6 is 0 Å². The number of unbranched alkanes of at least 4 members (excludes halogenated alkanes) is 4. The minimum atomic E-state index is 0.227. The summed E-state index contributed by atoms with van der Waals surface area (Å²) in [5.41, 5.74) is 2.48. The summed E-state index contributed by atoms with van der Waals surface area (Å²) in [5.74, 6) is 0.959. The third-order valence-corrected chi connectivity index (χ3v) is 3.71. The van der Waals surface area contributed by atoms with Gasteiger partial charge in [-0.2, -0.15) is 0 Å². The average Bonchev–Trinajstić information content (AvgIpc) is 2.41. The molecule has 0 saturated carbocycles. The summed E-state index contributed by atoms with van der Waals surface area (Å²) in [4.78, 5) is 0. The molecule has 0 spiro atoms. The highest BCUT2D eigenvalue weighted by Gasteiger charge is 2.06. The van der Waals surface area contributed by atoms with Gasteiger partial charge in [-0.3, -0.25) is 0 Å². The Balaban J connectivity index is 2.39. The van der Waals surface area contributed by atoms with E-state index in [1.807, 2.05) is 0 Å². The number of hydrogen-bond donors (Lipinski definition) is 1. The van der Waals surface area contributed by atoms with Gasteiger partial charge in [-0.15, -0.1) is 0 Å². The topological polar surface area (TPSA) is 21.3 Å². The van der Waals surface area contributed by atoms with Crippen LogP contribution in [-0.2, 0) is 0 Å². The van der Waals surface area contributed by atoms with Crippen molar-refractivity contribution < 1.29 is 4.74 Å². The molecule has 2 nitrogen and oxygen atoms in total. The van der Waals surface area contributed by atoms with Gasteiger partial charge in [-0.05, 0) is 57.9 Å². The molecule has 0 fully saturated rings. The lowest BCUT2D eigenvalue weighted by atomic mass is 10.1. The van der Waals surface area contributed by atoms with Crippen LogP contribution in [0.2, 0.25) is 0 Å². The molecule has 1 N–H and O–H groups in total. The summed E-state index contributed by atoms with van der Waals surface area (Å²) in [6.07, 6.45) is 8.22. The quantitative estimate of drug-likeness (QED) is 0.538. The van der Waals surface area contributed by atoms with Crippen molar-refractivity contribution in [2.45, 2.75) is 85.3 Å². The minimum Gasteiger partial charge on any atom is -0.491 e. The monoisotopic (exact) mass is 291 g/mol. The Morgan fingerprint density at radius 3 is 2.38 bits per heavy atom. The maximum atomic E-state index is 5.73. The fourth-order valence-corrected chi connectivity index (χ4v) is 2.54. The zero-order valence-corrected chi connectivity index (χ0v) is 14.5. The molecule has 0 bridgehead atoms. The molecule has 0 amide bonds. The second-order valence-corrected chi connectivity index (χ2v) is 6.39. The van der Waals surface area contributed by atoms with Crippen molar-refractivity contribution in [2.75, 3.05) is 5.32 Å². The van der Waals surface area contributed by atoms with Gasteiger partial charge < -0.3 is 10.1 Å². The Kier molecular flexibility index (Phi) is 8.26. The van der Waals surface area contributed by atoms with Crippen LogP contribution in [0.4, 0.5) is 5.69 Å². The zero-order valence-electron chi connectivity index (χ0n) is 14.5. The third kappa shape index (κ3) is 7.40. The highest BCUT2D eigenvalue weighted by Crippen LogP contribution is 2.23. The second-order valence-electron chi connectivity index (χ2n) is 6.39. The molecule has 0 aliphatic heterocycles. The lowest BCUT2D eigenvalue weighted by molar-refractivity contribution is 0.242. The smallest absolute Gasteiger partial charge is 0.120 e. The Bertz CT molecular complexity index is 401. The van der Waals surface area contributed by atoms with Crippen LogP contribution < -0.4 is 10.1 Å². The van der Waals surface area contributed by atoms with Crippen LogP contribution in [0.15, 0.2) is 18.2 Å². The predicted molar refractivity (Wildman–Crippen MR) is 93.4 cm³/mol. The standard InChI is InChI=1S/C19H33NO/c1-6-7-8-9-10-11-17(5)20-19-13-12-18(14-16(19)4)21-15(2)3/h12-15,17,20H,6-11H2,1-5H3. The molecule has 0 aliphatic carbocycles. The number of anilines is 1. The number of rotatable bonds is 10. The summed E-state index contributed by atoms with van der Waals surface area (Å²) in [6.45, 7) is 10.8. The van der Waals surface area contributed by atoms with Gasteiger partial charge in [-0.25, -0.2) is 0 Å². The molecular weight excluding hydrogens is 258 g/mol. The van der Waals surface area contributed by atoms with Crippen LogP contribution in [0.5, 0.6) is 5.75 Å². The lowest BCUT2D eigenvalue weighted by Gasteiger charge is -2.18. The number of aryl methyl sites for hydroxylation is 1. The number of benzene rings is 1. The van der Waals surface area contributed by atoms with Crippen LogP contribution in [-0.4, -0.2) is 12.1 Å². The normalized spacial score (nSPS) is 12.5. The average molecular weight is 291 g/mol. The summed E-state index contributed by atoms with van der Waals surface area (Å²) in [6, 6.07) is 6.85. The molecule has 1 rings (SSSR count). The molecule has 0 saturated heterocycles. The Morgan fingerprint density at radius 1 is 1.05 bits per heavy atom. The Hall–Kier alpha value is -1.18. The van der Waals surface area contributed by atoms with Gasteiger partial charge in [-0.1, -0.05) is 39.0 Å². The molecule has 21 heavy (non-hydrogen) atoms. The van der Waals surface area contributed by atoms with E-state index in [0.29, 0.717) is 6.04 Å². The molecular formula is C19H33NO. The molecule has 0 radical (unpaired) electrons. The van der Waals surface area contributed by atoms with E-state index in [4.69, 9.17) is 4.74 Å². The van der Waals surface area contributed by atoms with Crippen molar-refractivity contribution in [2.24, 2.45) is 0 Å². The lowest BCUT2D eigenvalue weighted by Crippen LogP contribution is -2.15. The van der Waals surface area contributed by atoms with Crippen molar-refractivity contribution in [3.63, 3.8) is 0 Å². The largest absolute Gasteiger partial charge is 0.491 e. The summed E-state index contributed by atoms with van der Waals surface area (Å²) < 4.78 is 5.73. The fraction of sp³-hybridized carbons (Fsp3) is 0.684. The summed E-state index contributed by atoms with van der Waals surface area (Å²) in [5, 5.41) is 3.63. The maximum Gasteiger partial charge on any atom is 0.120 e. The molecule has 1 atom stereocenters. The Morgan fingerprint density at radius 2 is 1.76 bits per heavy atom. The van der Waals surface area contributed by atoms with Crippen molar-refractivity contribution >= 4 is 5.69 Å². The van der Waals surface area contributed by atoms with Gasteiger partial charge in [0.2, 0.25) is 0 Å². The van der Waals surface area contributed by atoms with Gasteiger partial charge in [0.25, 0.3) is 0 Å². The SMILES string of the molecule is CCCCCCCC(C)Nc1ccc(OC(C)C)cc1C. The van der Waals surface area contributed by atoms with E-state index in [0.717, 1.165) is 5.75 Å². The first kappa shape index (κ1) is 17.9. The molecule has 1 unspecified atom stereocenters. The molecule has 0 heterocycles. The van der Waals surface area contributed by atoms with E-state index < -0.39 is 0 Å². The van der Waals surface area contributed by atoms with Crippen LogP contribution in [0.3, 0.4) is 0 Å². The van der Waals surface area contributed by atoms with Crippen molar-refractivity contribution in [3.8, 4) is 5.75 Å². The van der Waals surface area contributed by atoms with Gasteiger partial charge in [0.1, 0.15) is 5.75 Å². The first-order valence-electron chi connectivity index (χ1n) is 8.56. The maximum absolute atomic E-state index is 5.73. The highest BCUT2D eigenvalue weighted by molar-refractivity contribution is 5.54. The van der Waals surface area contributed by atoms with E-state index in [9.17, 15) is 0 Å². The summed E-state index contributed by atoms with van der Waals surface area (Å²) in [7, 11) is 0. The molecule has 2 heteroatoms. The Labute approximate surface area is 131 Å². The molecule has 0 aromatic heterocycles. The number of ether oxygens (including phenoxy) is 1. The van der Waals surface area contributed by atoms with Gasteiger partial charge in [0.05, 0.1) is 6.10 Å². The van der Waals surface area contributed by atoms with Crippen molar-refractivity contribution in [3.05, 3.63) is 23.8 Å². The van der Waals surface area contributed by atoms with E-state index in [-0.39, 0.29) is 6.10 Å². The van der Waals surface area contributed by atoms with Crippen molar-refractivity contribution in [1.82, 2.24) is 0 Å². The highest BCUT2D eigenvalue weighted by atomic mass is 16.5.